The Bertz CT molecular complexity index is 917. The van der Waals surface area contributed by atoms with E-state index in [9.17, 15) is 9.90 Å². The lowest BCUT2D eigenvalue weighted by Gasteiger charge is -2.56. The van der Waals surface area contributed by atoms with E-state index in [1.54, 1.807) is 6.20 Å². The van der Waals surface area contributed by atoms with E-state index < -0.39 is 0 Å². The Morgan fingerprint density at radius 3 is 2.62 bits per heavy atom. The molecular formula is C24H32N4O4. The van der Waals surface area contributed by atoms with Gasteiger partial charge in [0.05, 0.1) is 12.8 Å². The number of rotatable bonds is 3. The number of aliphatic hydroxyl groups is 1. The van der Waals surface area contributed by atoms with Crippen LogP contribution in [0.3, 0.4) is 0 Å². The number of amides is 1. The monoisotopic (exact) mass is 440 g/mol. The van der Waals surface area contributed by atoms with Crippen LogP contribution < -0.4 is 0 Å². The number of aliphatic hydroxyl groups excluding tert-OH is 1. The molecular weight excluding hydrogens is 408 g/mol. The molecule has 0 unspecified atom stereocenters. The maximum atomic E-state index is 13.4. The van der Waals surface area contributed by atoms with E-state index in [2.05, 4.69) is 9.88 Å². The first-order valence-corrected chi connectivity index (χ1v) is 11.4. The molecule has 3 saturated heterocycles. The van der Waals surface area contributed by atoms with Crippen molar-refractivity contribution in [1.82, 2.24) is 19.4 Å². The molecule has 8 nitrogen and oxygen atoms in total. The summed E-state index contributed by atoms with van der Waals surface area (Å²) in [4.78, 5) is 30.9. The second-order valence-electron chi connectivity index (χ2n) is 9.01. The van der Waals surface area contributed by atoms with Gasteiger partial charge in [-0.15, -0.1) is 0 Å². The van der Waals surface area contributed by atoms with Crippen LogP contribution >= 0.6 is 0 Å². The summed E-state index contributed by atoms with van der Waals surface area (Å²) in [5.41, 5.74) is 1.66. The predicted molar refractivity (Wildman–Crippen MR) is 120 cm³/mol. The van der Waals surface area contributed by atoms with Crippen LogP contribution in [-0.2, 0) is 11.8 Å². The Labute approximate surface area is 188 Å². The summed E-state index contributed by atoms with van der Waals surface area (Å²) >= 11 is 0. The van der Waals surface area contributed by atoms with Gasteiger partial charge < -0.3 is 19.7 Å². The van der Waals surface area contributed by atoms with Gasteiger partial charge in [0.25, 0.3) is 12.4 Å². The lowest BCUT2D eigenvalue weighted by molar-refractivity contribution is -0.122. The molecule has 8 heteroatoms. The summed E-state index contributed by atoms with van der Waals surface area (Å²) < 4.78 is 1.92. The maximum Gasteiger partial charge on any atom is 0.290 e. The lowest BCUT2D eigenvalue weighted by atomic mass is 9.72. The number of carboxylic acid groups (broad SMARTS) is 1. The van der Waals surface area contributed by atoms with Gasteiger partial charge in [0, 0.05) is 37.8 Å². The minimum atomic E-state index is -0.250. The topological polar surface area (TPSA) is 98.9 Å². The van der Waals surface area contributed by atoms with Gasteiger partial charge in [-0.25, -0.2) is 4.98 Å². The van der Waals surface area contributed by atoms with E-state index in [1.807, 2.05) is 46.8 Å². The van der Waals surface area contributed by atoms with Gasteiger partial charge in [-0.1, -0.05) is 36.8 Å². The number of likely N-dealkylation sites (tertiary alicyclic amines) is 1. The van der Waals surface area contributed by atoms with Crippen molar-refractivity contribution in [3.8, 4) is 11.4 Å². The normalized spacial score (nSPS) is 27.1. The Morgan fingerprint density at radius 2 is 1.91 bits per heavy atom. The SMILES string of the molecule is Cn1c(C(=O)N2C[C@H]3C[C@@H](C2)[C@H](CO)N2CCCC[C@@H]32)cnc1-c1ccccc1.O=CO. The van der Waals surface area contributed by atoms with E-state index in [0.29, 0.717) is 23.6 Å². The number of fused-ring (bicyclic) bond motifs is 4. The third-order valence-electron chi connectivity index (χ3n) is 7.34. The third kappa shape index (κ3) is 4.17. The average Bonchev–Trinajstić information content (AvgIpc) is 3.21. The van der Waals surface area contributed by atoms with Gasteiger partial charge in [-0.2, -0.15) is 0 Å². The smallest absolute Gasteiger partial charge is 0.290 e. The fraction of sp³-hybridized carbons (Fsp3) is 0.542. The summed E-state index contributed by atoms with van der Waals surface area (Å²) in [7, 11) is 1.92. The van der Waals surface area contributed by atoms with Crippen molar-refractivity contribution in [2.45, 2.75) is 37.8 Å². The predicted octanol–water partition coefficient (Wildman–Crippen LogP) is 2.10. The van der Waals surface area contributed by atoms with Crippen molar-refractivity contribution in [3.63, 3.8) is 0 Å². The highest BCUT2D eigenvalue weighted by atomic mass is 16.3. The van der Waals surface area contributed by atoms with E-state index in [0.717, 1.165) is 37.4 Å². The highest BCUT2D eigenvalue weighted by molar-refractivity contribution is 5.93. The van der Waals surface area contributed by atoms with E-state index in [4.69, 9.17) is 9.90 Å². The molecule has 1 amide bonds. The summed E-state index contributed by atoms with van der Waals surface area (Å²) in [6, 6.07) is 10.7. The minimum absolute atomic E-state index is 0.0674. The largest absolute Gasteiger partial charge is 0.483 e. The second-order valence-corrected chi connectivity index (χ2v) is 9.01. The fourth-order valence-electron chi connectivity index (χ4n) is 5.95. The Morgan fingerprint density at radius 1 is 1.19 bits per heavy atom. The van der Waals surface area contributed by atoms with Crippen LogP contribution in [0.2, 0.25) is 0 Å². The average molecular weight is 441 g/mol. The maximum absolute atomic E-state index is 13.4. The van der Waals surface area contributed by atoms with Gasteiger partial charge in [-0.05, 0) is 37.6 Å². The van der Waals surface area contributed by atoms with Gasteiger partial charge in [0.15, 0.2) is 0 Å². The van der Waals surface area contributed by atoms with Crippen molar-refractivity contribution in [2.24, 2.45) is 18.9 Å². The first-order valence-electron chi connectivity index (χ1n) is 11.4. The van der Waals surface area contributed by atoms with Gasteiger partial charge >= 0.3 is 0 Å². The zero-order valence-corrected chi connectivity index (χ0v) is 18.5. The molecule has 3 aliphatic heterocycles. The number of piperidine rings is 3. The molecule has 0 radical (unpaired) electrons. The number of carbonyl (C=O) groups is 2. The molecule has 2 N–H and O–H groups in total. The van der Waals surface area contributed by atoms with Crippen LogP contribution in [0.1, 0.15) is 36.2 Å². The molecule has 1 aromatic heterocycles. The van der Waals surface area contributed by atoms with Crippen LogP contribution in [0, 0.1) is 11.8 Å². The molecule has 0 spiro atoms. The number of hydrogen-bond donors (Lipinski definition) is 2. The molecule has 32 heavy (non-hydrogen) atoms. The highest BCUT2D eigenvalue weighted by Crippen LogP contribution is 2.41. The van der Waals surface area contributed by atoms with Crippen molar-refractivity contribution in [3.05, 3.63) is 42.2 Å². The second kappa shape index (κ2) is 9.83. The van der Waals surface area contributed by atoms with Crippen LogP contribution in [0.15, 0.2) is 36.5 Å². The molecule has 0 aliphatic carbocycles. The molecule has 1 aromatic carbocycles. The lowest BCUT2D eigenvalue weighted by Crippen LogP contribution is -2.65. The summed E-state index contributed by atoms with van der Waals surface area (Å²) in [5, 5.41) is 17.0. The number of nitrogens with zero attached hydrogens (tertiary/aromatic N) is 4. The molecule has 0 saturated carbocycles. The van der Waals surface area contributed by atoms with Crippen LogP contribution in [-0.4, -0.2) is 80.3 Å². The zero-order valence-electron chi connectivity index (χ0n) is 18.5. The van der Waals surface area contributed by atoms with E-state index in [-0.39, 0.29) is 25.0 Å². The standard InChI is InChI=1S/C23H30N4O2.CH2O2/c1-25-20(12-24-22(25)16-7-3-2-4-8-16)23(29)26-13-17-11-18(14-26)21(15-28)27-10-6-5-9-19(17)27;2-1-3/h2-4,7-8,12,17-19,21,28H,5-6,9-11,13-15H2,1H3;1H,(H,2,3)/t17-,18+,19+,21+;/m1./s1. The molecule has 4 atom stereocenters. The van der Waals surface area contributed by atoms with Crippen LogP contribution in [0.5, 0.6) is 0 Å². The number of aromatic nitrogens is 2. The fourth-order valence-corrected chi connectivity index (χ4v) is 5.95. The first-order chi connectivity index (χ1) is 15.6. The number of hydrogen-bond acceptors (Lipinski definition) is 5. The molecule has 3 aliphatic rings. The van der Waals surface area contributed by atoms with Crippen LogP contribution in [0.4, 0.5) is 0 Å². The van der Waals surface area contributed by atoms with Gasteiger partial charge in [0.1, 0.15) is 11.5 Å². The number of benzene rings is 1. The zero-order chi connectivity index (χ0) is 22.7. The van der Waals surface area contributed by atoms with Gasteiger partial charge in [-0.3, -0.25) is 14.5 Å². The van der Waals surface area contributed by atoms with Crippen molar-refractivity contribution in [2.75, 3.05) is 26.2 Å². The third-order valence-corrected chi connectivity index (χ3v) is 7.34. The Balaban J connectivity index is 0.000000775. The van der Waals surface area contributed by atoms with E-state index >= 15 is 0 Å². The molecule has 4 heterocycles. The van der Waals surface area contributed by atoms with Crippen molar-refractivity contribution in [1.29, 1.82) is 0 Å². The number of carbonyl (C=O) groups excluding carboxylic acids is 1. The molecule has 5 rings (SSSR count). The summed E-state index contributed by atoms with van der Waals surface area (Å²) in [6.07, 6.45) is 6.53. The summed E-state index contributed by atoms with van der Waals surface area (Å²) in [5.74, 6) is 1.76. The number of imidazole rings is 1. The molecule has 2 aromatic rings. The highest BCUT2D eigenvalue weighted by Gasteiger charge is 2.47. The Hall–Kier alpha value is -2.71. The van der Waals surface area contributed by atoms with Crippen molar-refractivity contribution >= 4 is 12.4 Å². The molecule has 3 fully saturated rings. The Kier molecular flexibility index (Phi) is 6.91. The van der Waals surface area contributed by atoms with Gasteiger partial charge in [0.2, 0.25) is 0 Å². The first kappa shape index (κ1) is 22.5. The van der Waals surface area contributed by atoms with E-state index in [1.165, 1.54) is 19.3 Å². The van der Waals surface area contributed by atoms with Crippen LogP contribution in [0.25, 0.3) is 11.4 Å². The summed E-state index contributed by atoms with van der Waals surface area (Å²) in [6.45, 7) is 2.59. The minimum Gasteiger partial charge on any atom is -0.483 e. The molecule has 172 valence electrons. The quantitative estimate of drug-likeness (QED) is 0.710. The van der Waals surface area contributed by atoms with Crippen molar-refractivity contribution < 1.29 is 19.8 Å². The molecule has 2 bridgehead atoms.